The summed E-state index contributed by atoms with van der Waals surface area (Å²) in [6, 6.07) is 13.7. The van der Waals surface area contributed by atoms with Gasteiger partial charge < -0.3 is 5.11 Å². The summed E-state index contributed by atoms with van der Waals surface area (Å²) in [4.78, 5) is 8.54. The fourth-order valence-electron chi connectivity index (χ4n) is 2.01. The van der Waals surface area contributed by atoms with Crippen LogP contribution in [-0.2, 0) is 6.42 Å². The Kier molecular flexibility index (Phi) is 3.85. The second-order valence-corrected chi connectivity index (χ2v) is 5.44. The molecule has 0 bridgehead atoms. The third-order valence-electron chi connectivity index (χ3n) is 3.08. The number of thiazole rings is 1. The van der Waals surface area contributed by atoms with Crippen LogP contribution in [0.3, 0.4) is 0 Å². The van der Waals surface area contributed by atoms with Crippen LogP contribution in [0.2, 0.25) is 0 Å². The molecule has 0 radical (unpaired) electrons. The minimum atomic E-state index is -0.534. The summed E-state index contributed by atoms with van der Waals surface area (Å²) in [5, 5.41) is 13.2. The first-order valence-electron chi connectivity index (χ1n) is 6.41. The van der Waals surface area contributed by atoms with Crippen molar-refractivity contribution in [3.8, 4) is 11.3 Å². The Labute approximate surface area is 121 Å². The molecule has 0 spiro atoms. The summed E-state index contributed by atoms with van der Waals surface area (Å²) < 4.78 is 0. The van der Waals surface area contributed by atoms with Gasteiger partial charge in [-0.3, -0.25) is 4.98 Å². The predicted molar refractivity (Wildman–Crippen MR) is 80.5 cm³/mol. The van der Waals surface area contributed by atoms with Crippen LogP contribution in [0.25, 0.3) is 11.3 Å². The van der Waals surface area contributed by atoms with E-state index in [-0.39, 0.29) is 0 Å². The van der Waals surface area contributed by atoms with Gasteiger partial charge in [0.15, 0.2) is 0 Å². The Balaban J connectivity index is 1.75. The number of benzene rings is 1. The van der Waals surface area contributed by atoms with Gasteiger partial charge >= 0.3 is 0 Å². The van der Waals surface area contributed by atoms with Gasteiger partial charge in [0.1, 0.15) is 0 Å². The maximum atomic E-state index is 10.2. The number of rotatable bonds is 4. The molecule has 0 amide bonds. The first-order valence-corrected chi connectivity index (χ1v) is 7.29. The minimum Gasteiger partial charge on any atom is -0.388 e. The van der Waals surface area contributed by atoms with Crippen LogP contribution < -0.4 is 0 Å². The fourth-order valence-corrected chi connectivity index (χ4v) is 2.86. The van der Waals surface area contributed by atoms with Gasteiger partial charge in [-0.25, -0.2) is 4.98 Å². The lowest BCUT2D eigenvalue weighted by molar-refractivity contribution is 0.178. The van der Waals surface area contributed by atoms with E-state index < -0.39 is 6.10 Å². The van der Waals surface area contributed by atoms with Crippen LogP contribution in [0.5, 0.6) is 0 Å². The summed E-state index contributed by atoms with van der Waals surface area (Å²) in [7, 11) is 0. The smallest absolute Gasteiger partial charge is 0.0961 e. The molecule has 2 heterocycles. The predicted octanol–water partition coefficient (Wildman–Crippen LogP) is 3.48. The second kappa shape index (κ2) is 5.94. The van der Waals surface area contributed by atoms with E-state index >= 15 is 0 Å². The van der Waals surface area contributed by atoms with E-state index in [1.807, 2.05) is 47.8 Å². The van der Waals surface area contributed by atoms with Crippen LogP contribution in [0.4, 0.5) is 0 Å². The summed E-state index contributed by atoms with van der Waals surface area (Å²) >= 11 is 1.58. The van der Waals surface area contributed by atoms with E-state index in [1.54, 1.807) is 23.7 Å². The molecule has 20 heavy (non-hydrogen) atoms. The summed E-state index contributed by atoms with van der Waals surface area (Å²) in [6.07, 6.45) is 3.38. The normalized spacial score (nSPS) is 12.2. The Hall–Kier alpha value is -2.04. The fraction of sp³-hybridized carbons (Fsp3) is 0.125. The van der Waals surface area contributed by atoms with Gasteiger partial charge in [-0.2, -0.15) is 0 Å². The highest BCUT2D eigenvalue weighted by Gasteiger charge is 2.11. The molecule has 100 valence electrons. The van der Waals surface area contributed by atoms with Crippen molar-refractivity contribution >= 4 is 11.3 Å². The molecule has 3 nitrogen and oxygen atoms in total. The Morgan fingerprint density at radius 2 is 1.80 bits per heavy atom. The molecule has 0 aliphatic rings. The zero-order valence-electron chi connectivity index (χ0n) is 10.8. The molecule has 0 saturated heterocycles. The first-order chi connectivity index (χ1) is 9.83. The molecule has 0 aliphatic carbocycles. The van der Waals surface area contributed by atoms with Crippen molar-refractivity contribution in [2.24, 2.45) is 0 Å². The molecule has 1 unspecified atom stereocenters. The molecule has 3 rings (SSSR count). The third-order valence-corrected chi connectivity index (χ3v) is 3.95. The van der Waals surface area contributed by atoms with Crippen LogP contribution in [-0.4, -0.2) is 15.1 Å². The summed E-state index contributed by atoms with van der Waals surface area (Å²) in [5.74, 6) is 0. The lowest BCUT2D eigenvalue weighted by Gasteiger charge is -2.08. The SMILES string of the molecule is OC(Cc1nc(-c2ccccc2)cs1)c1ccncc1. The molecule has 0 saturated carbocycles. The monoisotopic (exact) mass is 282 g/mol. The van der Waals surface area contributed by atoms with Crippen molar-refractivity contribution in [2.45, 2.75) is 12.5 Å². The quantitative estimate of drug-likeness (QED) is 0.797. The Morgan fingerprint density at radius 1 is 1.05 bits per heavy atom. The van der Waals surface area contributed by atoms with Gasteiger partial charge in [-0.05, 0) is 17.7 Å². The third kappa shape index (κ3) is 2.92. The average molecular weight is 282 g/mol. The van der Waals surface area contributed by atoms with Gasteiger partial charge in [-0.1, -0.05) is 30.3 Å². The summed E-state index contributed by atoms with van der Waals surface area (Å²) in [6.45, 7) is 0. The van der Waals surface area contributed by atoms with Gasteiger partial charge in [0, 0.05) is 29.8 Å². The molecule has 2 aromatic heterocycles. The van der Waals surface area contributed by atoms with Crippen molar-refractivity contribution < 1.29 is 5.11 Å². The van der Waals surface area contributed by atoms with Gasteiger partial charge in [0.25, 0.3) is 0 Å². The van der Waals surface area contributed by atoms with Crippen molar-refractivity contribution in [2.75, 3.05) is 0 Å². The Bertz CT molecular complexity index is 667. The molecular weight excluding hydrogens is 268 g/mol. The largest absolute Gasteiger partial charge is 0.388 e. The van der Waals surface area contributed by atoms with Gasteiger partial charge in [-0.15, -0.1) is 11.3 Å². The van der Waals surface area contributed by atoms with Crippen LogP contribution in [0, 0.1) is 0 Å². The van der Waals surface area contributed by atoms with E-state index in [9.17, 15) is 5.11 Å². The minimum absolute atomic E-state index is 0.529. The number of aliphatic hydroxyl groups is 1. The molecule has 1 N–H and O–H groups in total. The highest BCUT2D eigenvalue weighted by atomic mass is 32.1. The lowest BCUT2D eigenvalue weighted by Crippen LogP contribution is -2.01. The first kappa shape index (κ1) is 13.0. The van der Waals surface area contributed by atoms with Crippen molar-refractivity contribution in [3.63, 3.8) is 0 Å². The topological polar surface area (TPSA) is 46.0 Å². The molecule has 0 fully saturated rings. The lowest BCUT2D eigenvalue weighted by atomic mass is 10.1. The van der Waals surface area contributed by atoms with E-state index in [0.29, 0.717) is 6.42 Å². The van der Waals surface area contributed by atoms with Crippen molar-refractivity contribution in [1.29, 1.82) is 0 Å². The zero-order valence-corrected chi connectivity index (χ0v) is 11.6. The standard InChI is InChI=1S/C16H14N2OS/c19-15(13-6-8-17-9-7-13)10-16-18-14(11-20-16)12-4-2-1-3-5-12/h1-9,11,15,19H,10H2. The molecule has 4 heteroatoms. The van der Waals surface area contributed by atoms with Gasteiger partial charge in [0.05, 0.1) is 16.8 Å². The number of pyridine rings is 1. The number of hydrogen-bond acceptors (Lipinski definition) is 4. The van der Waals surface area contributed by atoms with E-state index in [2.05, 4.69) is 9.97 Å². The van der Waals surface area contributed by atoms with Crippen molar-refractivity contribution in [1.82, 2.24) is 9.97 Å². The van der Waals surface area contributed by atoms with Crippen molar-refractivity contribution in [3.05, 3.63) is 70.8 Å². The van der Waals surface area contributed by atoms with E-state index in [1.165, 1.54) is 0 Å². The number of hydrogen-bond donors (Lipinski definition) is 1. The zero-order chi connectivity index (χ0) is 13.8. The Morgan fingerprint density at radius 3 is 2.55 bits per heavy atom. The average Bonchev–Trinajstić information content (AvgIpc) is 2.97. The molecule has 0 aliphatic heterocycles. The molecular formula is C16H14N2OS. The summed E-state index contributed by atoms with van der Waals surface area (Å²) in [5.41, 5.74) is 2.94. The highest BCUT2D eigenvalue weighted by molar-refractivity contribution is 7.09. The molecule has 1 atom stereocenters. The molecule has 1 aromatic carbocycles. The van der Waals surface area contributed by atoms with E-state index in [4.69, 9.17) is 0 Å². The van der Waals surface area contributed by atoms with Crippen LogP contribution >= 0.6 is 11.3 Å². The number of aliphatic hydroxyl groups excluding tert-OH is 1. The van der Waals surface area contributed by atoms with Gasteiger partial charge in [0.2, 0.25) is 0 Å². The highest BCUT2D eigenvalue weighted by Crippen LogP contribution is 2.25. The molecule has 3 aromatic rings. The maximum Gasteiger partial charge on any atom is 0.0961 e. The second-order valence-electron chi connectivity index (χ2n) is 4.49. The van der Waals surface area contributed by atoms with E-state index in [0.717, 1.165) is 21.8 Å². The number of nitrogens with zero attached hydrogens (tertiary/aromatic N) is 2. The van der Waals surface area contributed by atoms with Crippen LogP contribution in [0.1, 0.15) is 16.7 Å². The van der Waals surface area contributed by atoms with Crippen LogP contribution in [0.15, 0.2) is 60.2 Å². The number of aromatic nitrogens is 2. The maximum absolute atomic E-state index is 10.2.